The van der Waals surface area contributed by atoms with Crippen LogP contribution in [0.5, 0.6) is 0 Å². The van der Waals surface area contributed by atoms with Crippen LogP contribution in [0, 0.1) is 56.7 Å². The minimum Gasteiger partial charge on any atom is -0.481 e. The average molecular weight is 571 g/mol. The summed E-state index contributed by atoms with van der Waals surface area (Å²) in [6.45, 7) is 18.7. The van der Waals surface area contributed by atoms with Crippen LogP contribution in [0.3, 0.4) is 0 Å². The van der Waals surface area contributed by atoms with Gasteiger partial charge in [-0.3, -0.25) is 14.4 Å². The molecule has 6 nitrogen and oxygen atoms in total. The third-order valence-electron chi connectivity index (χ3n) is 14.5. The van der Waals surface area contributed by atoms with Gasteiger partial charge in [-0.2, -0.15) is 0 Å². The van der Waals surface area contributed by atoms with E-state index in [0.29, 0.717) is 23.7 Å². The fourth-order valence-electron chi connectivity index (χ4n) is 12.2. The Hall–Kier alpha value is -1.85. The summed E-state index contributed by atoms with van der Waals surface area (Å²) in [5.41, 5.74) is 0.821. The summed E-state index contributed by atoms with van der Waals surface area (Å²) in [4.78, 5) is 37.1. The van der Waals surface area contributed by atoms with Crippen molar-refractivity contribution >= 4 is 17.9 Å². The lowest BCUT2D eigenvalue weighted by Crippen LogP contribution is -2.67. The molecule has 10 atom stereocenters. The van der Waals surface area contributed by atoms with Gasteiger partial charge in [0.05, 0.1) is 25.4 Å². The Morgan fingerprint density at radius 1 is 0.805 bits per heavy atom. The average Bonchev–Trinajstić information content (AvgIpc) is 3.31. The van der Waals surface area contributed by atoms with Crippen molar-refractivity contribution in [1.29, 1.82) is 0 Å². The van der Waals surface area contributed by atoms with Crippen LogP contribution in [-0.2, 0) is 23.9 Å². The van der Waals surface area contributed by atoms with Gasteiger partial charge < -0.3 is 14.6 Å². The van der Waals surface area contributed by atoms with E-state index in [4.69, 9.17) is 9.47 Å². The molecule has 5 saturated carbocycles. The number of carboxylic acids is 1. The van der Waals surface area contributed by atoms with E-state index < -0.39 is 11.4 Å². The van der Waals surface area contributed by atoms with Gasteiger partial charge in [0.25, 0.3) is 0 Å². The Kier molecular flexibility index (Phi) is 7.55. The van der Waals surface area contributed by atoms with Gasteiger partial charge in [0.15, 0.2) is 0 Å². The summed E-state index contributed by atoms with van der Waals surface area (Å²) in [6, 6.07) is 0. The first-order chi connectivity index (χ1) is 19.1. The maximum absolute atomic E-state index is 12.9. The molecule has 0 heterocycles. The number of hydrogen-bond acceptors (Lipinski definition) is 5. The molecular formula is C35H54O6. The number of allylic oxidation sites excluding steroid dienone is 1. The molecule has 1 N–H and O–H groups in total. The smallest absolute Gasteiger partial charge is 0.309 e. The Balaban J connectivity index is 1.41. The van der Waals surface area contributed by atoms with E-state index in [1.165, 1.54) is 12.7 Å². The standard InChI is InChI=1S/C35H54O6/c1-21(2)22-13-18-35(30(38)39)20-19-33(6)23(29(22)35)9-10-25-32(5)16-15-26(41-28(37)12-11-27(36)40-8)31(3,4)24(32)14-17-34(25,33)7/h22-26,29H,1,9-20H2,2-8H3,(H,38,39)/t22-,23+,24-,25+,26-,29+,32-,33+,34+,35-/m0/s1. The molecule has 0 aromatic carbocycles. The minimum atomic E-state index is -0.587. The fraction of sp³-hybridized carbons (Fsp3) is 0.857. The quantitative estimate of drug-likeness (QED) is 0.261. The van der Waals surface area contributed by atoms with E-state index in [0.717, 1.165) is 64.2 Å². The second kappa shape index (κ2) is 10.1. The molecule has 5 aliphatic carbocycles. The second-order valence-electron chi connectivity index (χ2n) is 16.1. The number of esters is 2. The summed E-state index contributed by atoms with van der Waals surface area (Å²) in [5.74, 6) is 0.656. The third-order valence-corrected chi connectivity index (χ3v) is 14.5. The van der Waals surface area contributed by atoms with Crippen molar-refractivity contribution in [2.75, 3.05) is 7.11 Å². The first-order valence-corrected chi connectivity index (χ1v) is 16.2. The maximum atomic E-state index is 12.9. The van der Waals surface area contributed by atoms with E-state index in [9.17, 15) is 19.5 Å². The fourth-order valence-corrected chi connectivity index (χ4v) is 12.2. The molecule has 0 bridgehead atoms. The zero-order valence-corrected chi connectivity index (χ0v) is 26.6. The Morgan fingerprint density at radius 3 is 2.12 bits per heavy atom. The van der Waals surface area contributed by atoms with Crippen LogP contribution >= 0.6 is 0 Å². The first-order valence-electron chi connectivity index (χ1n) is 16.2. The highest BCUT2D eigenvalue weighted by Gasteiger charge is 2.72. The molecule has 0 aromatic rings. The summed E-state index contributed by atoms with van der Waals surface area (Å²) in [6.07, 6.45) is 9.91. The van der Waals surface area contributed by atoms with E-state index >= 15 is 0 Å². The monoisotopic (exact) mass is 570 g/mol. The highest BCUT2D eigenvalue weighted by atomic mass is 16.5. The van der Waals surface area contributed by atoms with Crippen LogP contribution in [0.4, 0.5) is 0 Å². The molecule has 230 valence electrons. The van der Waals surface area contributed by atoms with Crippen molar-refractivity contribution in [2.24, 2.45) is 56.7 Å². The molecule has 0 saturated heterocycles. The summed E-state index contributed by atoms with van der Waals surface area (Å²) >= 11 is 0. The largest absolute Gasteiger partial charge is 0.481 e. The Morgan fingerprint density at radius 2 is 1.49 bits per heavy atom. The predicted octanol–water partition coefficient (Wildman–Crippen LogP) is 7.59. The number of aliphatic carboxylic acids is 1. The normalized spacial score (nSPS) is 46.2. The summed E-state index contributed by atoms with van der Waals surface area (Å²) < 4.78 is 10.8. The maximum Gasteiger partial charge on any atom is 0.309 e. The molecule has 41 heavy (non-hydrogen) atoms. The number of fused-ring (bicyclic) bond motifs is 7. The number of methoxy groups -OCH3 is 1. The van der Waals surface area contributed by atoms with Crippen molar-refractivity contribution in [3.05, 3.63) is 12.2 Å². The van der Waals surface area contributed by atoms with Crippen LogP contribution in [0.1, 0.15) is 119 Å². The van der Waals surface area contributed by atoms with Crippen LogP contribution in [0.15, 0.2) is 12.2 Å². The van der Waals surface area contributed by atoms with E-state index in [1.807, 2.05) is 0 Å². The van der Waals surface area contributed by atoms with Gasteiger partial charge in [0.1, 0.15) is 6.10 Å². The van der Waals surface area contributed by atoms with Crippen LogP contribution in [-0.4, -0.2) is 36.2 Å². The first kappa shape index (κ1) is 30.6. The summed E-state index contributed by atoms with van der Waals surface area (Å²) in [7, 11) is 1.34. The zero-order valence-electron chi connectivity index (χ0n) is 26.6. The minimum absolute atomic E-state index is 0.0558. The van der Waals surface area contributed by atoms with Gasteiger partial charge in [-0.15, -0.1) is 0 Å². The lowest BCUT2D eigenvalue weighted by molar-refractivity contribution is -0.250. The number of hydrogen-bond donors (Lipinski definition) is 1. The molecular weight excluding hydrogens is 516 g/mol. The lowest BCUT2D eigenvalue weighted by atomic mass is 9.32. The zero-order chi connectivity index (χ0) is 30.2. The van der Waals surface area contributed by atoms with Crippen LogP contribution < -0.4 is 0 Å². The number of carboxylic acid groups (broad SMARTS) is 1. The van der Waals surface area contributed by atoms with Gasteiger partial charge in [-0.25, -0.2) is 0 Å². The lowest BCUT2D eigenvalue weighted by Gasteiger charge is -2.72. The Bertz CT molecular complexity index is 1110. The van der Waals surface area contributed by atoms with Gasteiger partial charge in [-0.1, -0.05) is 46.8 Å². The van der Waals surface area contributed by atoms with Crippen molar-refractivity contribution in [3.8, 4) is 0 Å². The number of rotatable bonds is 6. The van der Waals surface area contributed by atoms with Crippen molar-refractivity contribution < 1.29 is 29.0 Å². The molecule has 5 fully saturated rings. The molecule has 5 aliphatic rings. The molecule has 0 unspecified atom stereocenters. The van der Waals surface area contributed by atoms with Gasteiger partial charge in [0.2, 0.25) is 0 Å². The SMILES string of the molecule is C=C(C)[C@@H]1CC[C@]2(C(=O)O)CC[C@]3(C)[C@H](CC[C@@H]4[C@@]5(C)CC[C@H](OC(=O)CCC(=O)OC)C(C)(C)[C@@H]5CC[C@]43C)[C@@H]12. The Labute approximate surface area is 247 Å². The predicted molar refractivity (Wildman–Crippen MR) is 158 cm³/mol. The molecule has 0 aliphatic heterocycles. The second-order valence-corrected chi connectivity index (χ2v) is 16.1. The van der Waals surface area contributed by atoms with Gasteiger partial charge in [0, 0.05) is 5.41 Å². The van der Waals surface area contributed by atoms with Gasteiger partial charge >= 0.3 is 17.9 Å². The number of ether oxygens (including phenoxy) is 2. The molecule has 0 aromatic heterocycles. The topological polar surface area (TPSA) is 89.9 Å². The number of carbonyl (C=O) groups is 3. The summed E-state index contributed by atoms with van der Waals surface area (Å²) in [5, 5.41) is 10.6. The highest BCUT2D eigenvalue weighted by molar-refractivity contribution is 5.77. The molecule has 6 heteroatoms. The van der Waals surface area contributed by atoms with E-state index in [2.05, 4.69) is 48.1 Å². The third kappa shape index (κ3) is 4.26. The van der Waals surface area contributed by atoms with Crippen LogP contribution in [0.2, 0.25) is 0 Å². The van der Waals surface area contributed by atoms with Crippen molar-refractivity contribution in [2.45, 2.75) is 125 Å². The van der Waals surface area contributed by atoms with Crippen molar-refractivity contribution in [1.82, 2.24) is 0 Å². The highest BCUT2D eigenvalue weighted by Crippen LogP contribution is 2.77. The molecule has 5 rings (SSSR count). The van der Waals surface area contributed by atoms with Crippen molar-refractivity contribution in [3.63, 3.8) is 0 Å². The molecule has 0 spiro atoms. The van der Waals surface area contributed by atoms with E-state index in [1.54, 1.807) is 0 Å². The molecule has 0 radical (unpaired) electrons. The van der Waals surface area contributed by atoms with Gasteiger partial charge in [-0.05, 0) is 117 Å². The molecule has 0 amide bonds. The van der Waals surface area contributed by atoms with Crippen LogP contribution in [0.25, 0.3) is 0 Å². The van der Waals surface area contributed by atoms with E-state index in [-0.39, 0.29) is 58.5 Å². The number of carbonyl (C=O) groups excluding carboxylic acids is 2.